The van der Waals surface area contributed by atoms with Crippen LogP contribution in [0.25, 0.3) is 0 Å². The van der Waals surface area contributed by atoms with E-state index in [0.717, 1.165) is 11.5 Å². The van der Waals surface area contributed by atoms with Crippen molar-refractivity contribution in [2.75, 3.05) is 12.3 Å². The van der Waals surface area contributed by atoms with E-state index in [9.17, 15) is 4.79 Å². The molecule has 2 rings (SSSR count). The third kappa shape index (κ3) is 4.44. The summed E-state index contributed by atoms with van der Waals surface area (Å²) < 4.78 is 4.88. The average Bonchev–Trinajstić information content (AvgIpc) is 2.86. The van der Waals surface area contributed by atoms with E-state index in [1.807, 2.05) is 18.2 Å². The Morgan fingerprint density at radius 3 is 2.84 bits per heavy atom. The summed E-state index contributed by atoms with van der Waals surface area (Å²) >= 11 is 1.79. The number of hydrogen-bond acceptors (Lipinski definition) is 4. The monoisotopic (exact) mass is 276 g/mol. The van der Waals surface area contributed by atoms with Crippen LogP contribution in [0.15, 0.2) is 40.9 Å². The number of thioether (sulfide) groups is 1. The quantitative estimate of drug-likeness (QED) is 0.824. The first-order valence-electron chi connectivity index (χ1n) is 6.09. The molecule has 2 aromatic rings. The summed E-state index contributed by atoms with van der Waals surface area (Å²) in [4.78, 5) is 11.6. The molecule has 4 nitrogen and oxygen atoms in total. The van der Waals surface area contributed by atoms with Gasteiger partial charge in [0.2, 0.25) is 5.76 Å². The molecule has 0 aliphatic heterocycles. The number of benzene rings is 1. The van der Waals surface area contributed by atoms with E-state index in [4.69, 9.17) is 4.52 Å². The van der Waals surface area contributed by atoms with Gasteiger partial charge in [0.05, 0.1) is 5.69 Å². The van der Waals surface area contributed by atoms with Gasteiger partial charge in [-0.2, -0.15) is 11.8 Å². The zero-order valence-corrected chi connectivity index (χ0v) is 11.6. The molecular weight excluding hydrogens is 260 g/mol. The Labute approximate surface area is 116 Å². The zero-order valence-electron chi connectivity index (χ0n) is 10.8. The Bertz CT molecular complexity index is 525. The highest BCUT2D eigenvalue weighted by Gasteiger charge is 2.10. The SMILES string of the molecule is Cc1cc(C(=O)NCCSCc2ccccc2)on1. The third-order valence-electron chi connectivity index (χ3n) is 2.50. The molecule has 0 aliphatic carbocycles. The van der Waals surface area contributed by atoms with Crippen LogP contribution >= 0.6 is 11.8 Å². The molecule has 1 N–H and O–H groups in total. The van der Waals surface area contributed by atoms with E-state index in [-0.39, 0.29) is 11.7 Å². The van der Waals surface area contributed by atoms with Gasteiger partial charge in [-0.15, -0.1) is 0 Å². The topological polar surface area (TPSA) is 55.1 Å². The maximum absolute atomic E-state index is 11.6. The minimum atomic E-state index is -0.207. The Morgan fingerprint density at radius 1 is 1.37 bits per heavy atom. The van der Waals surface area contributed by atoms with Gasteiger partial charge in [0, 0.05) is 24.1 Å². The highest BCUT2D eigenvalue weighted by molar-refractivity contribution is 7.98. The van der Waals surface area contributed by atoms with E-state index in [0.29, 0.717) is 12.2 Å². The van der Waals surface area contributed by atoms with Gasteiger partial charge < -0.3 is 9.84 Å². The molecule has 0 atom stereocenters. The number of aryl methyl sites for hydroxylation is 1. The lowest BCUT2D eigenvalue weighted by Gasteiger charge is -2.03. The van der Waals surface area contributed by atoms with Crippen LogP contribution in [-0.2, 0) is 5.75 Å². The fourth-order valence-corrected chi connectivity index (χ4v) is 2.38. The molecular formula is C14H16N2O2S. The maximum atomic E-state index is 11.6. The largest absolute Gasteiger partial charge is 0.351 e. The second kappa shape index (κ2) is 6.99. The van der Waals surface area contributed by atoms with Gasteiger partial charge in [0.15, 0.2) is 0 Å². The minimum Gasteiger partial charge on any atom is -0.351 e. The highest BCUT2D eigenvalue weighted by Crippen LogP contribution is 2.10. The molecule has 1 amide bonds. The standard InChI is InChI=1S/C14H16N2O2S/c1-11-9-13(18-16-11)14(17)15-7-8-19-10-12-5-3-2-4-6-12/h2-6,9H,7-8,10H2,1H3,(H,15,17). The van der Waals surface area contributed by atoms with Crippen LogP contribution in [-0.4, -0.2) is 23.4 Å². The molecule has 0 bridgehead atoms. The van der Waals surface area contributed by atoms with Gasteiger partial charge in [0.25, 0.3) is 5.91 Å². The Balaban J connectivity index is 1.63. The fraction of sp³-hybridized carbons (Fsp3) is 0.286. The van der Waals surface area contributed by atoms with Gasteiger partial charge >= 0.3 is 0 Å². The van der Waals surface area contributed by atoms with Crippen LogP contribution < -0.4 is 5.32 Å². The second-order valence-electron chi connectivity index (χ2n) is 4.13. The van der Waals surface area contributed by atoms with Gasteiger partial charge in [-0.25, -0.2) is 0 Å². The van der Waals surface area contributed by atoms with Crippen LogP contribution in [0.2, 0.25) is 0 Å². The fourth-order valence-electron chi connectivity index (χ4n) is 1.56. The van der Waals surface area contributed by atoms with Crippen molar-refractivity contribution in [3.63, 3.8) is 0 Å². The van der Waals surface area contributed by atoms with Gasteiger partial charge in [-0.3, -0.25) is 4.79 Å². The number of carbonyl (C=O) groups excluding carboxylic acids is 1. The molecule has 0 radical (unpaired) electrons. The number of nitrogens with one attached hydrogen (secondary N) is 1. The second-order valence-corrected chi connectivity index (χ2v) is 5.23. The summed E-state index contributed by atoms with van der Waals surface area (Å²) in [5.41, 5.74) is 2.01. The van der Waals surface area contributed by atoms with E-state index in [1.165, 1.54) is 5.56 Å². The van der Waals surface area contributed by atoms with Gasteiger partial charge in [-0.05, 0) is 12.5 Å². The van der Waals surface area contributed by atoms with Crippen LogP contribution in [0.5, 0.6) is 0 Å². The molecule has 1 aromatic carbocycles. The van der Waals surface area contributed by atoms with Crippen molar-refractivity contribution in [3.05, 3.63) is 53.4 Å². The molecule has 0 aliphatic rings. The van der Waals surface area contributed by atoms with Crippen molar-refractivity contribution >= 4 is 17.7 Å². The smallest absolute Gasteiger partial charge is 0.289 e. The lowest BCUT2D eigenvalue weighted by atomic mass is 10.2. The molecule has 5 heteroatoms. The first-order chi connectivity index (χ1) is 9.25. The normalized spacial score (nSPS) is 10.4. The minimum absolute atomic E-state index is 0.207. The van der Waals surface area contributed by atoms with Crippen LogP contribution in [0.3, 0.4) is 0 Å². The third-order valence-corrected chi connectivity index (χ3v) is 3.53. The molecule has 19 heavy (non-hydrogen) atoms. The first-order valence-corrected chi connectivity index (χ1v) is 7.24. The van der Waals surface area contributed by atoms with Crippen molar-refractivity contribution < 1.29 is 9.32 Å². The van der Waals surface area contributed by atoms with Crippen molar-refractivity contribution in [2.24, 2.45) is 0 Å². The predicted molar refractivity (Wildman–Crippen MR) is 76.2 cm³/mol. The number of hydrogen-bond donors (Lipinski definition) is 1. The average molecular weight is 276 g/mol. The molecule has 0 fully saturated rings. The van der Waals surface area contributed by atoms with Crippen molar-refractivity contribution in [3.8, 4) is 0 Å². The summed E-state index contributed by atoms with van der Waals surface area (Å²) in [6, 6.07) is 11.9. The maximum Gasteiger partial charge on any atom is 0.289 e. The molecule has 0 unspecified atom stereocenters. The molecule has 1 aromatic heterocycles. The first kappa shape index (κ1) is 13.7. The summed E-state index contributed by atoms with van der Waals surface area (Å²) in [5, 5.41) is 6.49. The van der Waals surface area contributed by atoms with Crippen molar-refractivity contribution in [1.29, 1.82) is 0 Å². The zero-order chi connectivity index (χ0) is 13.5. The van der Waals surface area contributed by atoms with E-state index < -0.39 is 0 Å². The molecule has 0 saturated carbocycles. The number of carbonyl (C=O) groups is 1. The number of nitrogens with zero attached hydrogens (tertiary/aromatic N) is 1. The molecule has 0 saturated heterocycles. The Hall–Kier alpha value is -1.75. The summed E-state index contributed by atoms with van der Waals surface area (Å²) in [6.45, 7) is 2.41. The van der Waals surface area contributed by atoms with Gasteiger partial charge in [-0.1, -0.05) is 35.5 Å². The van der Waals surface area contributed by atoms with Crippen LogP contribution in [0.4, 0.5) is 0 Å². The number of aromatic nitrogens is 1. The molecule has 0 spiro atoms. The number of rotatable bonds is 6. The molecule has 1 heterocycles. The van der Waals surface area contributed by atoms with E-state index in [1.54, 1.807) is 24.8 Å². The summed E-state index contributed by atoms with van der Waals surface area (Å²) in [5.74, 6) is 1.89. The molecule has 100 valence electrons. The van der Waals surface area contributed by atoms with E-state index in [2.05, 4.69) is 22.6 Å². The highest BCUT2D eigenvalue weighted by atomic mass is 32.2. The lowest BCUT2D eigenvalue weighted by molar-refractivity contribution is 0.0919. The Kier molecular flexibility index (Phi) is 5.03. The summed E-state index contributed by atoms with van der Waals surface area (Å²) in [6.07, 6.45) is 0. The van der Waals surface area contributed by atoms with E-state index >= 15 is 0 Å². The lowest BCUT2D eigenvalue weighted by Crippen LogP contribution is -2.25. The summed E-state index contributed by atoms with van der Waals surface area (Å²) in [7, 11) is 0. The van der Waals surface area contributed by atoms with Crippen LogP contribution in [0.1, 0.15) is 21.8 Å². The van der Waals surface area contributed by atoms with Crippen molar-refractivity contribution in [2.45, 2.75) is 12.7 Å². The predicted octanol–water partition coefficient (Wildman–Crippen LogP) is 2.65. The van der Waals surface area contributed by atoms with Crippen LogP contribution in [0, 0.1) is 6.92 Å². The van der Waals surface area contributed by atoms with Gasteiger partial charge in [0.1, 0.15) is 0 Å². The van der Waals surface area contributed by atoms with Crippen molar-refractivity contribution in [1.82, 2.24) is 10.5 Å². The number of amides is 1. The Morgan fingerprint density at radius 2 is 2.16 bits per heavy atom.